The Balaban J connectivity index is 1.66. The molecule has 0 radical (unpaired) electrons. The number of benzene rings is 2. The van der Waals surface area contributed by atoms with Gasteiger partial charge in [-0.1, -0.05) is 12.1 Å². The van der Waals surface area contributed by atoms with Crippen molar-refractivity contribution in [1.82, 2.24) is 4.98 Å². The lowest BCUT2D eigenvalue weighted by atomic mass is 10.2. The first-order chi connectivity index (χ1) is 12.5. The molecule has 2 N–H and O–H groups in total. The van der Waals surface area contributed by atoms with Gasteiger partial charge in [-0.05, 0) is 42.0 Å². The molecule has 3 rings (SSSR count). The third kappa shape index (κ3) is 4.38. The van der Waals surface area contributed by atoms with Gasteiger partial charge in [-0.25, -0.2) is 13.2 Å². The summed E-state index contributed by atoms with van der Waals surface area (Å²) < 4.78 is 39.0. The van der Waals surface area contributed by atoms with E-state index in [0.717, 1.165) is 17.7 Å². The van der Waals surface area contributed by atoms with Gasteiger partial charge in [0.05, 0.1) is 0 Å². The van der Waals surface area contributed by atoms with Crippen LogP contribution < -0.4 is 10.6 Å². The zero-order valence-electron chi connectivity index (χ0n) is 13.5. The zero-order valence-corrected chi connectivity index (χ0v) is 13.5. The standard InChI is InChI=1S/C19H14F3N3O/c20-13-3-1-12(2-4-13)11-24-14-7-8-23-18(10-14)19(26)25-15-5-6-16(21)17(22)9-15/h1-10H,11H2,(H,23,24)(H,25,26). The zero-order chi connectivity index (χ0) is 18.5. The molecule has 1 amide bonds. The van der Waals surface area contributed by atoms with Crippen molar-refractivity contribution in [3.8, 4) is 0 Å². The fourth-order valence-electron chi connectivity index (χ4n) is 2.24. The van der Waals surface area contributed by atoms with Crippen LogP contribution in [0.15, 0.2) is 60.8 Å². The SMILES string of the molecule is O=C(Nc1ccc(F)c(F)c1)c1cc(NCc2ccc(F)cc2)ccn1. The van der Waals surface area contributed by atoms with Gasteiger partial charge in [-0.3, -0.25) is 9.78 Å². The maximum absolute atomic E-state index is 13.2. The minimum absolute atomic E-state index is 0.110. The summed E-state index contributed by atoms with van der Waals surface area (Å²) in [5.41, 5.74) is 1.75. The minimum atomic E-state index is -1.05. The van der Waals surface area contributed by atoms with Crippen LogP contribution in [0.1, 0.15) is 16.1 Å². The van der Waals surface area contributed by atoms with E-state index in [9.17, 15) is 18.0 Å². The van der Waals surface area contributed by atoms with Gasteiger partial charge in [0.15, 0.2) is 11.6 Å². The van der Waals surface area contributed by atoms with Crippen molar-refractivity contribution in [2.75, 3.05) is 10.6 Å². The third-order valence-corrected chi connectivity index (χ3v) is 3.58. The quantitative estimate of drug-likeness (QED) is 0.713. The summed E-state index contributed by atoms with van der Waals surface area (Å²) in [6, 6.07) is 12.3. The molecule has 132 valence electrons. The van der Waals surface area contributed by atoms with Gasteiger partial charge >= 0.3 is 0 Å². The van der Waals surface area contributed by atoms with Crippen LogP contribution in [0.3, 0.4) is 0 Å². The Kier molecular flexibility index (Phi) is 5.17. The molecule has 4 nitrogen and oxygen atoms in total. The third-order valence-electron chi connectivity index (χ3n) is 3.58. The topological polar surface area (TPSA) is 54.0 Å². The highest BCUT2D eigenvalue weighted by Crippen LogP contribution is 2.15. The van der Waals surface area contributed by atoms with E-state index in [4.69, 9.17) is 0 Å². The predicted octanol–water partition coefficient (Wildman–Crippen LogP) is 4.36. The van der Waals surface area contributed by atoms with Gasteiger partial charge in [-0.2, -0.15) is 0 Å². The summed E-state index contributed by atoms with van der Waals surface area (Å²) in [7, 11) is 0. The van der Waals surface area contributed by atoms with Crippen molar-refractivity contribution >= 4 is 17.3 Å². The summed E-state index contributed by atoms with van der Waals surface area (Å²) in [6.07, 6.45) is 1.45. The number of hydrogen-bond acceptors (Lipinski definition) is 3. The number of nitrogens with one attached hydrogen (secondary N) is 2. The van der Waals surface area contributed by atoms with Crippen LogP contribution in [0.2, 0.25) is 0 Å². The van der Waals surface area contributed by atoms with Gasteiger partial charge in [0.1, 0.15) is 11.5 Å². The van der Waals surface area contributed by atoms with E-state index < -0.39 is 17.5 Å². The van der Waals surface area contributed by atoms with Crippen LogP contribution in [-0.4, -0.2) is 10.9 Å². The van der Waals surface area contributed by atoms with Crippen LogP contribution in [-0.2, 0) is 6.54 Å². The highest BCUT2D eigenvalue weighted by atomic mass is 19.2. The number of aromatic nitrogens is 1. The van der Waals surface area contributed by atoms with Gasteiger partial charge in [0.2, 0.25) is 0 Å². The van der Waals surface area contributed by atoms with Crippen molar-refractivity contribution < 1.29 is 18.0 Å². The van der Waals surface area contributed by atoms with E-state index in [0.29, 0.717) is 12.2 Å². The van der Waals surface area contributed by atoms with Crippen molar-refractivity contribution in [3.63, 3.8) is 0 Å². The molecule has 0 aliphatic rings. The molecule has 1 aromatic heterocycles. The molecule has 0 unspecified atom stereocenters. The number of carbonyl (C=O) groups is 1. The maximum Gasteiger partial charge on any atom is 0.274 e. The van der Waals surface area contributed by atoms with E-state index >= 15 is 0 Å². The molecule has 0 saturated heterocycles. The maximum atomic E-state index is 13.2. The summed E-state index contributed by atoms with van der Waals surface area (Å²) >= 11 is 0. The predicted molar refractivity (Wildman–Crippen MR) is 92.3 cm³/mol. The first-order valence-corrected chi connectivity index (χ1v) is 7.72. The van der Waals surface area contributed by atoms with Gasteiger partial charge in [-0.15, -0.1) is 0 Å². The summed E-state index contributed by atoms with van der Waals surface area (Å²) in [5, 5.41) is 5.56. The van der Waals surface area contributed by atoms with E-state index in [1.165, 1.54) is 30.5 Å². The molecule has 0 aliphatic carbocycles. The molecule has 0 fully saturated rings. The number of hydrogen-bond donors (Lipinski definition) is 2. The molecule has 0 saturated carbocycles. The molecular weight excluding hydrogens is 343 g/mol. The van der Waals surface area contributed by atoms with E-state index in [2.05, 4.69) is 15.6 Å². The van der Waals surface area contributed by atoms with Crippen molar-refractivity contribution in [3.05, 3.63) is 89.5 Å². The fraction of sp³-hybridized carbons (Fsp3) is 0.0526. The largest absolute Gasteiger partial charge is 0.381 e. The number of pyridine rings is 1. The number of anilines is 2. The second-order valence-electron chi connectivity index (χ2n) is 5.49. The minimum Gasteiger partial charge on any atom is -0.381 e. The molecule has 3 aromatic rings. The second-order valence-corrected chi connectivity index (χ2v) is 5.49. The van der Waals surface area contributed by atoms with E-state index in [-0.39, 0.29) is 17.2 Å². The Morgan fingerprint density at radius 2 is 1.65 bits per heavy atom. The van der Waals surface area contributed by atoms with Crippen LogP contribution in [0.4, 0.5) is 24.5 Å². The molecule has 0 atom stereocenters. The first kappa shape index (κ1) is 17.5. The Labute approximate surface area is 147 Å². The monoisotopic (exact) mass is 357 g/mol. The highest BCUT2D eigenvalue weighted by Gasteiger charge is 2.10. The lowest BCUT2D eigenvalue weighted by Crippen LogP contribution is -2.14. The lowest BCUT2D eigenvalue weighted by Gasteiger charge is -2.09. The Hall–Kier alpha value is -3.35. The Morgan fingerprint density at radius 1 is 0.885 bits per heavy atom. The van der Waals surface area contributed by atoms with Crippen LogP contribution in [0.5, 0.6) is 0 Å². The molecule has 0 spiro atoms. The number of nitrogens with zero attached hydrogens (tertiary/aromatic N) is 1. The fourth-order valence-corrected chi connectivity index (χ4v) is 2.24. The number of rotatable bonds is 5. The van der Waals surface area contributed by atoms with Gasteiger partial charge < -0.3 is 10.6 Å². The molecule has 7 heteroatoms. The molecule has 2 aromatic carbocycles. The molecule has 1 heterocycles. The lowest BCUT2D eigenvalue weighted by molar-refractivity contribution is 0.102. The second kappa shape index (κ2) is 7.69. The Bertz CT molecular complexity index is 930. The van der Waals surface area contributed by atoms with E-state index in [1.807, 2.05) is 0 Å². The van der Waals surface area contributed by atoms with Crippen molar-refractivity contribution in [2.24, 2.45) is 0 Å². The molecule has 0 aliphatic heterocycles. The van der Waals surface area contributed by atoms with Crippen LogP contribution >= 0.6 is 0 Å². The summed E-state index contributed by atoms with van der Waals surface area (Å²) in [5.74, 6) is -2.91. The van der Waals surface area contributed by atoms with Gasteiger partial charge in [0.25, 0.3) is 5.91 Å². The average molecular weight is 357 g/mol. The highest BCUT2D eigenvalue weighted by molar-refractivity contribution is 6.03. The van der Waals surface area contributed by atoms with Crippen LogP contribution in [0.25, 0.3) is 0 Å². The number of amides is 1. The Morgan fingerprint density at radius 3 is 2.38 bits per heavy atom. The summed E-state index contributed by atoms with van der Waals surface area (Å²) in [6.45, 7) is 0.439. The molecule has 0 bridgehead atoms. The number of carbonyl (C=O) groups excluding carboxylic acids is 1. The molecule has 26 heavy (non-hydrogen) atoms. The first-order valence-electron chi connectivity index (χ1n) is 7.72. The molecular formula is C19H14F3N3O. The van der Waals surface area contributed by atoms with Crippen LogP contribution in [0, 0.1) is 17.5 Å². The van der Waals surface area contributed by atoms with Crippen molar-refractivity contribution in [2.45, 2.75) is 6.54 Å². The van der Waals surface area contributed by atoms with Crippen molar-refractivity contribution in [1.29, 1.82) is 0 Å². The average Bonchev–Trinajstić information content (AvgIpc) is 2.64. The van der Waals surface area contributed by atoms with Gasteiger partial charge in [0, 0.05) is 30.2 Å². The summed E-state index contributed by atoms with van der Waals surface area (Å²) in [4.78, 5) is 16.2. The smallest absolute Gasteiger partial charge is 0.274 e. The number of halogens is 3. The normalized spacial score (nSPS) is 10.4. The van der Waals surface area contributed by atoms with E-state index in [1.54, 1.807) is 18.2 Å².